The van der Waals surface area contributed by atoms with E-state index in [9.17, 15) is 0 Å². The molecule has 0 aromatic heterocycles. The quantitative estimate of drug-likeness (QED) is 0.642. The number of nitrogens with zero attached hydrogens (tertiary/aromatic N) is 1. The lowest BCUT2D eigenvalue weighted by Crippen LogP contribution is -2.50. The van der Waals surface area contributed by atoms with Crippen molar-refractivity contribution in [1.29, 1.82) is 0 Å². The fraction of sp³-hybridized carbons (Fsp3) is 0.300. The average Bonchev–Trinajstić information content (AvgIpc) is 2.55. The summed E-state index contributed by atoms with van der Waals surface area (Å²) >= 11 is 6.57. The van der Waals surface area contributed by atoms with Gasteiger partial charge < -0.3 is 0 Å². The first kappa shape index (κ1) is 15.3. The minimum Gasteiger partial charge on any atom is -0.287 e. The van der Waals surface area contributed by atoms with Crippen LogP contribution in [0.1, 0.15) is 43.0 Å². The van der Waals surface area contributed by atoms with Crippen LogP contribution >= 0.6 is 11.6 Å². The van der Waals surface area contributed by atoms with Crippen LogP contribution in [0.4, 0.5) is 0 Å². The molecular weight excluding hydrogens is 290 g/mol. The number of fused-ring (bicyclic) bond motifs is 1. The van der Waals surface area contributed by atoms with Crippen molar-refractivity contribution in [2.45, 2.75) is 32.4 Å². The maximum absolute atomic E-state index is 6.57. The predicted octanol–water partition coefficient (Wildman–Crippen LogP) is 5.66. The largest absolute Gasteiger partial charge is 0.287 e. The zero-order valence-electron chi connectivity index (χ0n) is 13.5. The number of hydrogen-bond acceptors (Lipinski definition) is 0. The fourth-order valence-corrected chi connectivity index (χ4v) is 3.74. The summed E-state index contributed by atoms with van der Waals surface area (Å²) in [5.74, 6) is 0. The zero-order chi connectivity index (χ0) is 15.7. The van der Waals surface area contributed by atoms with E-state index in [1.807, 2.05) is 12.1 Å². The van der Waals surface area contributed by atoms with Crippen LogP contribution in [0.25, 0.3) is 6.08 Å². The van der Waals surface area contributed by atoms with Crippen molar-refractivity contribution in [3.8, 4) is 0 Å². The van der Waals surface area contributed by atoms with Gasteiger partial charge in [-0.15, -0.1) is 0 Å². The Morgan fingerprint density at radius 3 is 2.36 bits per heavy atom. The van der Waals surface area contributed by atoms with E-state index in [0.29, 0.717) is 6.04 Å². The molecule has 0 amide bonds. The molecule has 3 rings (SSSR count). The molecule has 0 radical (unpaired) electrons. The Labute approximate surface area is 138 Å². The highest BCUT2D eigenvalue weighted by atomic mass is 35.5. The van der Waals surface area contributed by atoms with Crippen LogP contribution in [-0.2, 0) is 0 Å². The summed E-state index contributed by atoms with van der Waals surface area (Å²) in [4.78, 5) is 0. The standard InChI is InChI=1S/C20H23ClN/c1-4-15(2)22(3)14-13-16-9-5-6-10-17(16)20(22)18-11-7-8-12-19(18)21/h5-15,20H,4H2,1-3H3/q+1/t15-,20?,22?/m1/s1. The Balaban J connectivity index is 2.24. The van der Waals surface area contributed by atoms with Gasteiger partial charge in [-0.05, 0) is 31.1 Å². The van der Waals surface area contributed by atoms with Crippen LogP contribution < -0.4 is 0 Å². The number of rotatable bonds is 3. The summed E-state index contributed by atoms with van der Waals surface area (Å²) in [5, 5.41) is 0.852. The van der Waals surface area contributed by atoms with Gasteiger partial charge in [-0.3, -0.25) is 4.48 Å². The third kappa shape index (κ3) is 2.39. The first-order valence-electron chi connectivity index (χ1n) is 7.96. The van der Waals surface area contributed by atoms with E-state index in [2.05, 4.69) is 69.6 Å². The van der Waals surface area contributed by atoms with Gasteiger partial charge in [-0.1, -0.05) is 61.0 Å². The van der Waals surface area contributed by atoms with E-state index >= 15 is 0 Å². The van der Waals surface area contributed by atoms with Gasteiger partial charge in [0.25, 0.3) is 0 Å². The highest BCUT2D eigenvalue weighted by Gasteiger charge is 2.41. The Bertz CT molecular complexity index is 706. The maximum Gasteiger partial charge on any atom is 0.147 e. The lowest BCUT2D eigenvalue weighted by atomic mass is 9.87. The van der Waals surface area contributed by atoms with Crippen LogP contribution in [0.15, 0.2) is 54.7 Å². The predicted molar refractivity (Wildman–Crippen MR) is 94.7 cm³/mol. The smallest absolute Gasteiger partial charge is 0.147 e. The monoisotopic (exact) mass is 312 g/mol. The molecule has 0 aliphatic carbocycles. The SMILES string of the molecule is CC[C@@H](C)[N+]1(C)C=Cc2ccccc2C1c1ccccc1Cl. The Morgan fingerprint density at radius 1 is 1.05 bits per heavy atom. The topological polar surface area (TPSA) is 0 Å². The zero-order valence-corrected chi connectivity index (χ0v) is 14.2. The normalized spacial score (nSPS) is 24.8. The molecule has 1 aliphatic rings. The minimum absolute atomic E-state index is 0.241. The second kappa shape index (κ2) is 5.91. The first-order valence-corrected chi connectivity index (χ1v) is 8.34. The fourth-order valence-electron chi connectivity index (χ4n) is 3.50. The molecule has 2 aromatic carbocycles. The van der Waals surface area contributed by atoms with Crippen LogP contribution in [0.3, 0.4) is 0 Å². The third-order valence-electron chi connectivity index (χ3n) is 5.16. The number of hydrogen-bond donors (Lipinski definition) is 0. The summed E-state index contributed by atoms with van der Waals surface area (Å²) in [5.41, 5.74) is 3.87. The van der Waals surface area contributed by atoms with E-state index in [1.54, 1.807) is 0 Å². The van der Waals surface area contributed by atoms with E-state index in [-0.39, 0.29) is 6.04 Å². The molecule has 0 fully saturated rings. The second-order valence-corrected chi connectivity index (χ2v) is 6.75. The Kier molecular flexibility index (Phi) is 4.12. The molecule has 1 nitrogen and oxygen atoms in total. The van der Waals surface area contributed by atoms with Crippen molar-refractivity contribution < 1.29 is 4.48 Å². The van der Waals surface area contributed by atoms with E-state index < -0.39 is 0 Å². The second-order valence-electron chi connectivity index (χ2n) is 6.35. The molecule has 114 valence electrons. The lowest BCUT2D eigenvalue weighted by Gasteiger charge is -2.45. The van der Waals surface area contributed by atoms with Gasteiger partial charge in [-0.25, -0.2) is 0 Å². The van der Waals surface area contributed by atoms with Crippen molar-refractivity contribution in [2.24, 2.45) is 0 Å². The summed E-state index contributed by atoms with van der Waals surface area (Å²) in [6.07, 6.45) is 5.73. The van der Waals surface area contributed by atoms with Crippen molar-refractivity contribution in [3.63, 3.8) is 0 Å². The van der Waals surface area contributed by atoms with Crippen LogP contribution in [0.2, 0.25) is 5.02 Å². The molecule has 2 heteroatoms. The number of quaternary nitrogens is 1. The summed E-state index contributed by atoms with van der Waals surface area (Å²) < 4.78 is 0.858. The molecule has 1 heterocycles. The molecule has 1 aliphatic heterocycles. The molecule has 0 saturated heterocycles. The molecule has 2 unspecified atom stereocenters. The molecule has 0 bridgehead atoms. The Hall–Kier alpha value is -1.57. The molecule has 0 spiro atoms. The van der Waals surface area contributed by atoms with Gasteiger partial charge >= 0.3 is 0 Å². The molecule has 2 aromatic rings. The van der Waals surface area contributed by atoms with Crippen LogP contribution in [0.5, 0.6) is 0 Å². The highest BCUT2D eigenvalue weighted by Crippen LogP contribution is 2.44. The molecular formula is C20H23ClN+. The number of benzene rings is 2. The van der Waals surface area contributed by atoms with Crippen molar-refractivity contribution in [1.82, 2.24) is 0 Å². The van der Waals surface area contributed by atoms with Gasteiger partial charge in [0.05, 0.1) is 24.3 Å². The van der Waals surface area contributed by atoms with Crippen molar-refractivity contribution in [3.05, 3.63) is 76.4 Å². The molecule has 0 N–H and O–H groups in total. The average molecular weight is 313 g/mol. The molecule has 0 saturated carbocycles. The lowest BCUT2D eigenvalue weighted by molar-refractivity contribution is -0.908. The van der Waals surface area contributed by atoms with Gasteiger partial charge in [0.1, 0.15) is 6.04 Å². The van der Waals surface area contributed by atoms with Gasteiger partial charge in [0.2, 0.25) is 0 Å². The summed E-state index contributed by atoms with van der Waals surface area (Å²) in [7, 11) is 2.31. The first-order chi connectivity index (χ1) is 10.6. The minimum atomic E-state index is 0.241. The molecule has 22 heavy (non-hydrogen) atoms. The van der Waals surface area contributed by atoms with Crippen LogP contribution in [-0.4, -0.2) is 17.6 Å². The maximum atomic E-state index is 6.57. The van der Waals surface area contributed by atoms with Gasteiger partial charge in [-0.2, -0.15) is 0 Å². The van der Waals surface area contributed by atoms with E-state index in [1.165, 1.54) is 16.7 Å². The molecule has 3 atom stereocenters. The van der Waals surface area contributed by atoms with Gasteiger partial charge in [0.15, 0.2) is 0 Å². The third-order valence-corrected chi connectivity index (χ3v) is 5.51. The van der Waals surface area contributed by atoms with Crippen molar-refractivity contribution >= 4 is 17.7 Å². The number of halogens is 1. The van der Waals surface area contributed by atoms with Gasteiger partial charge in [0, 0.05) is 11.1 Å². The van der Waals surface area contributed by atoms with E-state index in [0.717, 1.165) is 15.9 Å². The Morgan fingerprint density at radius 2 is 1.68 bits per heavy atom. The highest BCUT2D eigenvalue weighted by molar-refractivity contribution is 6.31. The van der Waals surface area contributed by atoms with Crippen molar-refractivity contribution in [2.75, 3.05) is 7.05 Å². The summed E-state index contributed by atoms with van der Waals surface area (Å²) in [6, 6.07) is 17.7. The van der Waals surface area contributed by atoms with E-state index in [4.69, 9.17) is 11.6 Å². The summed E-state index contributed by atoms with van der Waals surface area (Å²) in [6.45, 7) is 4.58. The van der Waals surface area contributed by atoms with Crippen LogP contribution in [0, 0.1) is 0 Å².